The lowest BCUT2D eigenvalue weighted by Crippen LogP contribution is -2.12. The van der Waals surface area contributed by atoms with Crippen molar-refractivity contribution in [3.8, 4) is 0 Å². The normalized spacial score (nSPS) is 10.5. The van der Waals surface area contributed by atoms with Crippen LogP contribution in [0.4, 0.5) is 11.6 Å². The predicted molar refractivity (Wildman–Crippen MR) is 80.9 cm³/mol. The molecule has 1 heterocycles. The number of hydrogen-bond donors (Lipinski definition) is 3. The molecule has 0 fully saturated rings. The Labute approximate surface area is 123 Å². The van der Waals surface area contributed by atoms with Crippen molar-refractivity contribution in [3.63, 3.8) is 0 Å². The van der Waals surface area contributed by atoms with Crippen LogP contribution in [-0.2, 0) is 4.74 Å². The topological polar surface area (TPSA) is 72.2 Å². The van der Waals surface area contributed by atoms with E-state index in [1.165, 1.54) is 0 Å². The molecule has 0 atom stereocenters. The number of nitrogen functional groups attached to an aromatic ring is 1. The molecule has 0 aliphatic carbocycles. The largest absolute Gasteiger partial charge is 0.381 e. The molecule has 108 valence electrons. The second kappa shape index (κ2) is 9.20. The first-order valence-corrected chi connectivity index (χ1v) is 7.09. The second-order valence-electron chi connectivity index (χ2n) is 4.04. The van der Waals surface area contributed by atoms with Crippen molar-refractivity contribution in [2.24, 2.45) is 5.84 Å². The summed E-state index contributed by atoms with van der Waals surface area (Å²) in [6, 6.07) is 1.60. The number of ether oxygens (including phenoxy) is 1. The highest BCUT2D eigenvalue weighted by Crippen LogP contribution is 2.28. The van der Waals surface area contributed by atoms with Gasteiger partial charge >= 0.3 is 0 Å². The fourth-order valence-corrected chi connectivity index (χ4v) is 1.90. The van der Waals surface area contributed by atoms with Gasteiger partial charge in [0.2, 0.25) is 0 Å². The lowest BCUT2D eigenvalue weighted by Gasteiger charge is -2.10. The van der Waals surface area contributed by atoms with Crippen LogP contribution < -0.4 is 16.6 Å². The van der Waals surface area contributed by atoms with Crippen LogP contribution in [0.2, 0.25) is 10.0 Å². The number of nitrogens with two attached hydrogens (primary N) is 1. The Morgan fingerprint density at radius 3 is 2.58 bits per heavy atom. The minimum absolute atomic E-state index is 0.390. The van der Waals surface area contributed by atoms with E-state index >= 15 is 0 Å². The summed E-state index contributed by atoms with van der Waals surface area (Å²) in [4.78, 5) is 4.19. The zero-order valence-corrected chi connectivity index (χ0v) is 12.5. The molecule has 0 radical (unpaired) electrons. The van der Waals surface area contributed by atoms with Crippen LogP contribution in [0.25, 0.3) is 0 Å². The zero-order valence-electron chi connectivity index (χ0n) is 11.0. The van der Waals surface area contributed by atoms with Gasteiger partial charge in [0.1, 0.15) is 5.82 Å². The van der Waals surface area contributed by atoms with Crippen molar-refractivity contribution in [1.82, 2.24) is 4.98 Å². The summed E-state index contributed by atoms with van der Waals surface area (Å²) < 4.78 is 5.46. The van der Waals surface area contributed by atoms with E-state index in [0.29, 0.717) is 21.7 Å². The minimum atomic E-state index is 0.390. The van der Waals surface area contributed by atoms with Crippen molar-refractivity contribution in [1.29, 1.82) is 0 Å². The second-order valence-corrected chi connectivity index (χ2v) is 4.85. The number of unbranched alkanes of at least 4 members (excludes halogenated alkanes) is 1. The monoisotopic (exact) mass is 306 g/mol. The molecule has 4 N–H and O–H groups in total. The number of nitrogens with one attached hydrogen (secondary N) is 2. The number of hydrogen-bond acceptors (Lipinski definition) is 5. The van der Waals surface area contributed by atoms with Gasteiger partial charge in [-0.2, -0.15) is 0 Å². The molecule has 0 aromatic carbocycles. The molecule has 0 bridgehead atoms. The van der Waals surface area contributed by atoms with Gasteiger partial charge in [-0.1, -0.05) is 36.5 Å². The molecule has 19 heavy (non-hydrogen) atoms. The smallest absolute Gasteiger partial charge is 0.161 e. The van der Waals surface area contributed by atoms with Gasteiger partial charge in [-0.3, -0.25) is 0 Å². The van der Waals surface area contributed by atoms with E-state index in [4.69, 9.17) is 33.8 Å². The van der Waals surface area contributed by atoms with Gasteiger partial charge in [-0.05, 0) is 18.9 Å². The molecule has 0 saturated heterocycles. The average Bonchev–Trinajstić information content (AvgIpc) is 2.40. The molecule has 0 aliphatic heterocycles. The first-order valence-electron chi connectivity index (χ1n) is 6.33. The predicted octanol–water partition coefficient (Wildman–Crippen LogP) is 3.29. The Bertz CT molecular complexity index is 390. The van der Waals surface area contributed by atoms with Gasteiger partial charge in [-0.25, -0.2) is 10.8 Å². The Kier molecular flexibility index (Phi) is 7.90. The van der Waals surface area contributed by atoms with Crippen LogP contribution in [0.3, 0.4) is 0 Å². The zero-order chi connectivity index (χ0) is 14.1. The highest BCUT2D eigenvalue weighted by Gasteiger charge is 2.07. The molecule has 0 unspecified atom stereocenters. The summed E-state index contributed by atoms with van der Waals surface area (Å²) in [6.07, 6.45) is 3.14. The summed E-state index contributed by atoms with van der Waals surface area (Å²) in [6.45, 7) is 4.41. The number of pyridine rings is 1. The quantitative estimate of drug-likeness (QED) is 0.371. The van der Waals surface area contributed by atoms with Crippen LogP contribution in [0.1, 0.15) is 26.2 Å². The number of anilines is 2. The molecule has 0 spiro atoms. The number of rotatable bonds is 9. The maximum absolute atomic E-state index is 6.03. The van der Waals surface area contributed by atoms with E-state index in [1.54, 1.807) is 6.07 Å². The number of nitrogens with zero attached hydrogens (tertiary/aromatic N) is 1. The maximum Gasteiger partial charge on any atom is 0.161 e. The summed E-state index contributed by atoms with van der Waals surface area (Å²) in [5.41, 5.74) is 2.42. The Morgan fingerprint density at radius 2 is 1.89 bits per heavy atom. The van der Waals surface area contributed by atoms with Gasteiger partial charge in [0, 0.05) is 19.8 Å². The van der Waals surface area contributed by atoms with Gasteiger partial charge < -0.3 is 15.5 Å². The first-order chi connectivity index (χ1) is 9.19. The van der Waals surface area contributed by atoms with Crippen molar-refractivity contribution in [2.75, 3.05) is 30.5 Å². The highest BCUT2D eigenvalue weighted by molar-refractivity contribution is 6.37. The van der Waals surface area contributed by atoms with Crippen LogP contribution >= 0.6 is 23.2 Å². The fraction of sp³-hybridized carbons (Fsp3) is 0.583. The van der Waals surface area contributed by atoms with E-state index in [-0.39, 0.29) is 0 Å². The van der Waals surface area contributed by atoms with Gasteiger partial charge in [0.25, 0.3) is 0 Å². The summed E-state index contributed by atoms with van der Waals surface area (Å²) in [5.74, 6) is 6.26. The lowest BCUT2D eigenvalue weighted by atomic mass is 10.3. The number of hydrazine groups is 1. The molecule has 5 nitrogen and oxygen atoms in total. The molecule has 1 rings (SSSR count). The molecule has 0 aliphatic rings. The number of halogens is 2. The third kappa shape index (κ3) is 5.82. The SMILES string of the molecule is CCCCOCCCNc1nc(NN)c(Cl)cc1Cl. The van der Waals surface area contributed by atoms with E-state index in [1.807, 2.05) is 0 Å². The van der Waals surface area contributed by atoms with Crippen LogP contribution in [0.5, 0.6) is 0 Å². The van der Waals surface area contributed by atoms with Crippen LogP contribution in [-0.4, -0.2) is 24.7 Å². The lowest BCUT2D eigenvalue weighted by molar-refractivity contribution is 0.131. The Hall–Kier alpha value is -0.750. The van der Waals surface area contributed by atoms with Crippen molar-refractivity contribution < 1.29 is 4.74 Å². The molecular weight excluding hydrogens is 287 g/mol. The molecule has 1 aromatic rings. The average molecular weight is 307 g/mol. The van der Waals surface area contributed by atoms with Crippen molar-refractivity contribution >= 4 is 34.8 Å². The highest BCUT2D eigenvalue weighted by atomic mass is 35.5. The van der Waals surface area contributed by atoms with E-state index in [0.717, 1.165) is 39.0 Å². The molecular formula is C12H20Cl2N4O. The van der Waals surface area contributed by atoms with Gasteiger partial charge in [-0.15, -0.1) is 0 Å². The first kappa shape index (κ1) is 16.3. The molecule has 0 saturated carbocycles. The summed E-state index contributed by atoms with van der Waals surface area (Å²) in [5, 5.41) is 3.99. The molecule has 1 aromatic heterocycles. The van der Waals surface area contributed by atoms with Crippen molar-refractivity contribution in [3.05, 3.63) is 16.1 Å². The minimum Gasteiger partial charge on any atom is -0.381 e. The Morgan fingerprint density at radius 1 is 1.21 bits per heavy atom. The fourth-order valence-electron chi connectivity index (χ4n) is 1.42. The van der Waals surface area contributed by atoms with Gasteiger partial charge in [0.15, 0.2) is 5.82 Å². The standard InChI is InChI=1S/C12H20Cl2N4O/c1-2-3-6-19-7-4-5-16-11-9(13)8-10(14)12(17-11)18-15/h8H,2-7,15H2,1H3,(H2,16,17,18). The molecule has 7 heteroatoms. The van der Waals surface area contributed by atoms with Crippen LogP contribution in [0.15, 0.2) is 6.07 Å². The summed E-state index contributed by atoms with van der Waals surface area (Å²) >= 11 is 11.9. The third-order valence-electron chi connectivity index (χ3n) is 2.47. The van der Waals surface area contributed by atoms with Crippen LogP contribution in [0, 0.1) is 0 Å². The maximum atomic E-state index is 6.03. The summed E-state index contributed by atoms with van der Waals surface area (Å²) in [7, 11) is 0. The van der Waals surface area contributed by atoms with Gasteiger partial charge in [0.05, 0.1) is 10.0 Å². The third-order valence-corrected chi connectivity index (χ3v) is 3.04. The Balaban J connectivity index is 2.33. The molecule has 0 amide bonds. The van der Waals surface area contributed by atoms with E-state index in [9.17, 15) is 0 Å². The van der Waals surface area contributed by atoms with Crippen molar-refractivity contribution in [2.45, 2.75) is 26.2 Å². The number of aromatic nitrogens is 1. The van der Waals surface area contributed by atoms with E-state index in [2.05, 4.69) is 22.7 Å². The van der Waals surface area contributed by atoms with E-state index < -0.39 is 0 Å².